The third-order valence-electron chi connectivity index (χ3n) is 3.61. The zero-order chi connectivity index (χ0) is 17.6. The first-order valence-electron chi connectivity index (χ1n) is 7.80. The average molecular weight is 338 g/mol. The van der Waals surface area contributed by atoms with E-state index < -0.39 is 5.91 Å². The Morgan fingerprint density at radius 3 is 2.56 bits per heavy atom. The van der Waals surface area contributed by atoms with Crippen LogP contribution in [0.3, 0.4) is 0 Å². The van der Waals surface area contributed by atoms with Gasteiger partial charge in [0.1, 0.15) is 24.7 Å². The third-order valence-corrected chi connectivity index (χ3v) is 3.61. The van der Waals surface area contributed by atoms with Crippen LogP contribution in [-0.4, -0.2) is 27.9 Å². The van der Waals surface area contributed by atoms with Crippen molar-refractivity contribution in [3.63, 3.8) is 0 Å². The topological polar surface area (TPSA) is 99.2 Å². The van der Waals surface area contributed by atoms with Crippen molar-refractivity contribution < 1.29 is 14.3 Å². The van der Waals surface area contributed by atoms with Crippen molar-refractivity contribution >= 4 is 22.8 Å². The zero-order valence-corrected chi connectivity index (χ0v) is 13.5. The molecular weight excluding hydrogens is 320 g/mol. The number of nitrogens with one attached hydrogen (secondary N) is 1. The molecule has 0 fully saturated rings. The van der Waals surface area contributed by atoms with E-state index in [-0.39, 0.29) is 25.6 Å². The maximum atomic E-state index is 12.1. The number of fused-ring (bicyclic) bond motifs is 1. The van der Waals surface area contributed by atoms with E-state index >= 15 is 0 Å². The molecule has 0 spiro atoms. The van der Waals surface area contributed by atoms with Gasteiger partial charge in [-0.25, -0.2) is 4.98 Å². The number of nitrogens with two attached hydrogens (primary N) is 1. The van der Waals surface area contributed by atoms with Gasteiger partial charge in [-0.1, -0.05) is 30.3 Å². The number of hydrogen-bond acceptors (Lipinski definition) is 4. The van der Waals surface area contributed by atoms with Gasteiger partial charge in [0.25, 0.3) is 0 Å². The van der Waals surface area contributed by atoms with Gasteiger partial charge in [0.05, 0.1) is 17.6 Å². The SMILES string of the molecule is NC(=O)CNC(=O)Cn1c(COc2ccccc2)nc2ccccc21. The molecule has 1 aromatic heterocycles. The van der Waals surface area contributed by atoms with Crippen LogP contribution in [0.2, 0.25) is 0 Å². The van der Waals surface area contributed by atoms with Crippen LogP contribution >= 0.6 is 0 Å². The lowest BCUT2D eigenvalue weighted by Gasteiger charge is -2.10. The minimum atomic E-state index is -0.587. The fourth-order valence-electron chi connectivity index (χ4n) is 2.46. The molecule has 0 saturated carbocycles. The predicted octanol–water partition coefficient (Wildman–Crippen LogP) is 1.22. The van der Waals surface area contributed by atoms with Gasteiger partial charge in [-0.05, 0) is 24.3 Å². The highest BCUT2D eigenvalue weighted by Gasteiger charge is 2.14. The van der Waals surface area contributed by atoms with Crippen LogP contribution in [0, 0.1) is 0 Å². The second kappa shape index (κ2) is 7.48. The number of ether oxygens (including phenoxy) is 1. The lowest BCUT2D eigenvalue weighted by molar-refractivity contribution is -0.125. The molecule has 7 heteroatoms. The molecule has 3 N–H and O–H groups in total. The number of rotatable bonds is 7. The van der Waals surface area contributed by atoms with E-state index in [1.165, 1.54) is 0 Å². The Hall–Kier alpha value is -3.35. The van der Waals surface area contributed by atoms with Gasteiger partial charge in [0.2, 0.25) is 11.8 Å². The first-order valence-corrected chi connectivity index (χ1v) is 7.80. The molecule has 0 bridgehead atoms. The van der Waals surface area contributed by atoms with Gasteiger partial charge in [0.15, 0.2) is 0 Å². The summed E-state index contributed by atoms with van der Waals surface area (Å²) in [5, 5.41) is 2.48. The molecule has 3 rings (SSSR count). The molecule has 25 heavy (non-hydrogen) atoms. The molecule has 0 aliphatic carbocycles. The smallest absolute Gasteiger partial charge is 0.240 e. The van der Waals surface area contributed by atoms with Crippen molar-refractivity contribution in [2.24, 2.45) is 5.73 Å². The Balaban J connectivity index is 1.81. The molecule has 0 aliphatic rings. The van der Waals surface area contributed by atoms with E-state index in [1.54, 1.807) is 4.57 Å². The van der Waals surface area contributed by atoms with E-state index in [1.807, 2.05) is 54.6 Å². The van der Waals surface area contributed by atoms with Crippen LogP contribution in [0.4, 0.5) is 0 Å². The van der Waals surface area contributed by atoms with E-state index in [2.05, 4.69) is 10.3 Å². The average Bonchev–Trinajstić information content (AvgIpc) is 2.97. The molecule has 0 aliphatic heterocycles. The first-order chi connectivity index (χ1) is 12.1. The summed E-state index contributed by atoms with van der Waals surface area (Å²) in [4.78, 5) is 27.4. The Kier molecular flexibility index (Phi) is 4.94. The van der Waals surface area contributed by atoms with Gasteiger partial charge in [-0.2, -0.15) is 0 Å². The maximum Gasteiger partial charge on any atom is 0.240 e. The quantitative estimate of drug-likeness (QED) is 0.676. The summed E-state index contributed by atoms with van der Waals surface area (Å²) in [6.45, 7) is 0.0599. The summed E-state index contributed by atoms with van der Waals surface area (Å²) in [5.41, 5.74) is 6.65. The van der Waals surface area contributed by atoms with Crippen molar-refractivity contribution in [1.82, 2.24) is 14.9 Å². The molecule has 2 amide bonds. The monoisotopic (exact) mass is 338 g/mol. The van der Waals surface area contributed by atoms with E-state index in [4.69, 9.17) is 10.5 Å². The number of primary amides is 1. The minimum Gasteiger partial charge on any atom is -0.486 e. The van der Waals surface area contributed by atoms with Crippen LogP contribution in [0.25, 0.3) is 11.0 Å². The molecule has 0 radical (unpaired) electrons. The van der Waals surface area contributed by atoms with Gasteiger partial charge < -0.3 is 20.4 Å². The normalized spacial score (nSPS) is 10.6. The maximum absolute atomic E-state index is 12.1. The summed E-state index contributed by atoms with van der Waals surface area (Å²) in [7, 11) is 0. The standard InChI is InChI=1S/C18H18N4O3/c19-16(23)10-20-18(24)11-22-15-9-5-4-8-14(15)21-17(22)12-25-13-6-2-1-3-7-13/h1-9H,10-12H2,(H2,19,23)(H,20,24). The molecule has 7 nitrogen and oxygen atoms in total. The number of aromatic nitrogens is 2. The number of amides is 2. The van der Waals surface area contributed by atoms with Gasteiger partial charge >= 0.3 is 0 Å². The van der Waals surface area contributed by atoms with Crippen molar-refractivity contribution in [3.05, 3.63) is 60.4 Å². The van der Waals surface area contributed by atoms with Gasteiger partial charge in [-0.3, -0.25) is 9.59 Å². The summed E-state index contributed by atoms with van der Waals surface area (Å²) in [6.07, 6.45) is 0. The summed E-state index contributed by atoms with van der Waals surface area (Å²) in [6, 6.07) is 16.9. The zero-order valence-electron chi connectivity index (χ0n) is 13.5. The lowest BCUT2D eigenvalue weighted by Crippen LogP contribution is -2.35. The number of carbonyl (C=O) groups excluding carboxylic acids is 2. The second-order valence-corrected chi connectivity index (χ2v) is 5.45. The van der Waals surface area contributed by atoms with Crippen molar-refractivity contribution in [1.29, 1.82) is 0 Å². The third kappa shape index (κ3) is 4.14. The van der Waals surface area contributed by atoms with Crippen molar-refractivity contribution in [2.75, 3.05) is 6.54 Å². The Morgan fingerprint density at radius 1 is 1.08 bits per heavy atom. The van der Waals surface area contributed by atoms with Gasteiger partial charge in [0, 0.05) is 0 Å². The molecule has 0 saturated heterocycles. The number of hydrogen-bond donors (Lipinski definition) is 2. The lowest BCUT2D eigenvalue weighted by atomic mass is 10.3. The summed E-state index contributed by atoms with van der Waals surface area (Å²) >= 11 is 0. The number of imidazole rings is 1. The molecule has 3 aromatic rings. The van der Waals surface area contributed by atoms with Crippen LogP contribution in [0.1, 0.15) is 5.82 Å². The highest BCUT2D eigenvalue weighted by atomic mass is 16.5. The largest absolute Gasteiger partial charge is 0.486 e. The fraction of sp³-hybridized carbons (Fsp3) is 0.167. The Labute approximate surface area is 144 Å². The molecular formula is C18H18N4O3. The molecule has 1 heterocycles. The van der Waals surface area contributed by atoms with E-state index in [0.29, 0.717) is 5.82 Å². The van der Waals surface area contributed by atoms with Crippen LogP contribution in [0.15, 0.2) is 54.6 Å². The fourth-order valence-corrected chi connectivity index (χ4v) is 2.46. The molecule has 0 atom stereocenters. The minimum absolute atomic E-state index is 0.0290. The summed E-state index contributed by atoms with van der Waals surface area (Å²) < 4.78 is 7.53. The number of carbonyl (C=O) groups is 2. The molecule has 2 aromatic carbocycles. The van der Waals surface area contributed by atoms with Crippen LogP contribution < -0.4 is 15.8 Å². The van der Waals surface area contributed by atoms with Gasteiger partial charge in [-0.15, -0.1) is 0 Å². The van der Waals surface area contributed by atoms with E-state index in [0.717, 1.165) is 16.8 Å². The molecule has 0 unspecified atom stereocenters. The molecule has 128 valence electrons. The first kappa shape index (κ1) is 16.5. The Morgan fingerprint density at radius 2 is 1.80 bits per heavy atom. The Bertz CT molecular complexity index is 890. The highest BCUT2D eigenvalue weighted by Crippen LogP contribution is 2.18. The predicted molar refractivity (Wildman–Crippen MR) is 92.7 cm³/mol. The highest BCUT2D eigenvalue weighted by molar-refractivity contribution is 5.85. The number of benzene rings is 2. The van der Waals surface area contributed by atoms with E-state index in [9.17, 15) is 9.59 Å². The van der Waals surface area contributed by atoms with Crippen molar-refractivity contribution in [2.45, 2.75) is 13.2 Å². The number of para-hydroxylation sites is 3. The summed E-state index contributed by atoms with van der Waals surface area (Å²) in [5.74, 6) is 0.443. The van der Waals surface area contributed by atoms with Crippen molar-refractivity contribution in [3.8, 4) is 5.75 Å². The second-order valence-electron chi connectivity index (χ2n) is 5.45. The number of nitrogens with zero attached hydrogens (tertiary/aromatic N) is 2. The van der Waals surface area contributed by atoms with Crippen LogP contribution in [0.5, 0.6) is 5.75 Å². The van der Waals surface area contributed by atoms with Crippen LogP contribution in [-0.2, 0) is 22.7 Å².